The van der Waals surface area contributed by atoms with Crippen LogP contribution in [0.25, 0.3) is 0 Å². The summed E-state index contributed by atoms with van der Waals surface area (Å²) in [6.07, 6.45) is -3.82. The number of carbonyl (C=O) groups is 5. The minimum Gasteiger partial charge on any atom is -0.480 e. The van der Waals surface area contributed by atoms with Gasteiger partial charge in [0.15, 0.2) is 0 Å². The number of rotatable bonds is 17. The number of nitrogens with zero attached hydrogens (tertiary/aromatic N) is 1. The van der Waals surface area contributed by atoms with Crippen molar-refractivity contribution in [2.24, 2.45) is 0 Å². The number of carboxylic acids is 1. The molecule has 14 heteroatoms. The summed E-state index contributed by atoms with van der Waals surface area (Å²) in [4.78, 5) is 59.3. The van der Waals surface area contributed by atoms with Crippen molar-refractivity contribution in [2.45, 2.75) is 69.0 Å². The molecule has 8 N–H and O–H groups in total. The number of nitrogens with one attached hydrogen (secondary N) is 2. The Hall–Kier alpha value is -2.91. The molecular weight excluding hydrogens is 470 g/mol. The maximum Gasteiger partial charge on any atom is 0.326 e. The molecule has 1 rings (SSSR count). The largest absolute Gasteiger partial charge is 0.480 e. The maximum absolute atomic E-state index is 12.0. The van der Waals surface area contributed by atoms with Crippen LogP contribution >= 0.6 is 0 Å². The monoisotopic (exact) mass is 503 g/mol. The van der Waals surface area contributed by atoms with Crippen LogP contribution in [0.15, 0.2) is 12.2 Å². The van der Waals surface area contributed by atoms with Crippen molar-refractivity contribution in [2.75, 3.05) is 19.7 Å². The summed E-state index contributed by atoms with van der Waals surface area (Å²) in [7, 11) is 0. The Morgan fingerprint density at radius 1 is 0.857 bits per heavy atom. The first-order valence-electron chi connectivity index (χ1n) is 11.1. The van der Waals surface area contributed by atoms with Gasteiger partial charge in [-0.25, -0.2) is 4.79 Å². The first kappa shape index (κ1) is 30.1. The van der Waals surface area contributed by atoms with Crippen molar-refractivity contribution in [1.82, 2.24) is 15.5 Å². The summed E-state index contributed by atoms with van der Waals surface area (Å²) in [5.74, 6) is -3.34. The van der Waals surface area contributed by atoms with E-state index in [2.05, 4.69) is 10.6 Å². The second kappa shape index (κ2) is 15.2. The molecule has 0 spiro atoms. The van der Waals surface area contributed by atoms with Crippen LogP contribution in [0.1, 0.15) is 38.5 Å². The van der Waals surface area contributed by atoms with Gasteiger partial charge in [-0.2, -0.15) is 0 Å². The molecule has 0 aromatic rings. The number of unbranched alkanes of at least 4 members (excludes halogenated alkanes) is 2. The Morgan fingerprint density at radius 3 is 2.03 bits per heavy atom. The standard InChI is InChI=1S/C21H33N3O11/c25-11-14(27)20(33)19(32)13(26)10-22-15(28)6-5-12(21(34)35)23-16(29)4-2-1-3-9-24-17(30)7-8-18(24)31/h7-8,12-14,19-20,25-27,32-33H,1-6,9-11H2,(H,22,28)(H,23,29)(H,34,35)/t12-,13-,14+,19+,20+/m0/s1. The highest BCUT2D eigenvalue weighted by atomic mass is 16.4. The number of hydrogen-bond acceptors (Lipinski definition) is 10. The van der Waals surface area contributed by atoms with E-state index in [9.17, 15) is 49.5 Å². The molecule has 5 atom stereocenters. The third-order valence-electron chi connectivity index (χ3n) is 5.31. The molecule has 0 aliphatic carbocycles. The predicted octanol–water partition coefficient (Wildman–Crippen LogP) is -3.63. The third kappa shape index (κ3) is 10.5. The van der Waals surface area contributed by atoms with E-state index < -0.39 is 61.4 Å². The lowest BCUT2D eigenvalue weighted by Crippen LogP contribution is -2.49. The van der Waals surface area contributed by atoms with Crippen LogP contribution in [0, 0.1) is 0 Å². The van der Waals surface area contributed by atoms with Crippen molar-refractivity contribution < 1.29 is 54.6 Å². The summed E-state index contributed by atoms with van der Waals surface area (Å²) in [5, 5.41) is 60.8. The van der Waals surface area contributed by atoms with Crippen LogP contribution in [0.5, 0.6) is 0 Å². The topological polar surface area (TPSA) is 234 Å². The van der Waals surface area contributed by atoms with Crippen LogP contribution in [0.3, 0.4) is 0 Å². The lowest BCUT2D eigenvalue weighted by Gasteiger charge is -2.25. The molecule has 0 saturated carbocycles. The third-order valence-corrected chi connectivity index (χ3v) is 5.31. The molecule has 35 heavy (non-hydrogen) atoms. The molecule has 4 amide bonds. The maximum atomic E-state index is 12.0. The Bertz CT molecular complexity index is 770. The van der Waals surface area contributed by atoms with E-state index in [1.807, 2.05) is 0 Å². The Kier molecular flexibility index (Phi) is 13.0. The van der Waals surface area contributed by atoms with Gasteiger partial charge < -0.3 is 41.3 Å². The summed E-state index contributed by atoms with van der Waals surface area (Å²) in [6.45, 7) is -1.13. The molecule has 0 bridgehead atoms. The van der Waals surface area contributed by atoms with Gasteiger partial charge in [-0.3, -0.25) is 24.1 Å². The SMILES string of the molecule is O=C(CC[C@H](NC(=O)CCCCCN1C(=O)C=CC1=O)C(=O)O)NC[C@H](O)[C@@H](O)[C@H](O)[C@H](O)CO. The zero-order chi connectivity index (χ0) is 26.5. The smallest absolute Gasteiger partial charge is 0.326 e. The summed E-state index contributed by atoms with van der Waals surface area (Å²) >= 11 is 0. The fourth-order valence-electron chi connectivity index (χ4n) is 3.17. The second-order valence-electron chi connectivity index (χ2n) is 8.07. The number of aliphatic carboxylic acids is 1. The van der Waals surface area contributed by atoms with E-state index in [-0.39, 0.29) is 37.6 Å². The quantitative estimate of drug-likeness (QED) is 0.0712. The molecule has 1 heterocycles. The van der Waals surface area contributed by atoms with Crippen LogP contribution in [-0.4, -0.2) is 115 Å². The summed E-state index contributed by atoms with van der Waals surface area (Å²) < 4.78 is 0. The van der Waals surface area contributed by atoms with Gasteiger partial charge in [-0.1, -0.05) is 6.42 Å². The Morgan fingerprint density at radius 2 is 1.46 bits per heavy atom. The number of aliphatic hydroxyl groups excluding tert-OH is 5. The fraction of sp³-hybridized carbons (Fsp3) is 0.667. The highest BCUT2D eigenvalue weighted by Gasteiger charge is 2.30. The van der Waals surface area contributed by atoms with E-state index in [1.165, 1.54) is 12.2 Å². The molecule has 0 saturated heterocycles. The number of amides is 4. The molecule has 1 aliphatic heterocycles. The van der Waals surface area contributed by atoms with Gasteiger partial charge in [-0.15, -0.1) is 0 Å². The molecule has 198 valence electrons. The van der Waals surface area contributed by atoms with Gasteiger partial charge in [-0.05, 0) is 19.3 Å². The van der Waals surface area contributed by atoms with Gasteiger partial charge in [0.05, 0.1) is 12.7 Å². The fourth-order valence-corrected chi connectivity index (χ4v) is 3.17. The van der Waals surface area contributed by atoms with Crippen molar-refractivity contribution in [3.63, 3.8) is 0 Å². The number of imide groups is 1. The van der Waals surface area contributed by atoms with Crippen LogP contribution in [0.2, 0.25) is 0 Å². The van der Waals surface area contributed by atoms with Crippen molar-refractivity contribution in [1.29, 1.82) is 0 Å². The van der Waals surface area contributed by atoms with Crippen molar-refractivity contribution in [3.05, 3.63) is 12.2 Å². The molecule has 0 fully saturated rings. The molecule has 0 aromatic carbocycles. The minimum absolute atomic E-state index is 0.0161. The minimum atomic E-state index is -1.85. The first-order valence-corrected chi connectivity index (χ1v) is 11.1. The average Bonchev–Trinajstić information content (AvgIpc) is 3.15. The number of carboxylic acid groups (broad SMARTS) is 1. The lowest BCUT2D eigenvalue weighted by molar-refractivity contribution is -0.142. The number of aliphatic hydroxyl groups is 5. The average molecular weight is 504 g/mol. The van der Waals surface area contributed by atoms with Crippen LogP contribution in [0.4, 0.5) is 0 Å². The lowest BCUT2D eigenvalue weighted by atomic mass is 10.0. The number of carbonyl (C=O) groups excluding carboxylic acids is 4. The van der Waals surface area contributed by atoms with E-state index in [0.29, 0.717) is 19.3 Å². The summed E-state index contributed by atoms with van der Waals surface area (Å²) in [5.41, 5.74) is 0. The van der Waals surface area contributed by atoms with Crippen LogP contribution in [-0.2, 0) is 24.0 Å². The van der Waals surface area contributed by atoms with Gasteiger partial charge in [0.1, 0.15) is 24.4 Å². The normalized spacial score (nSPS) is 17.6. The molecule has 1 aliphatic rings. The second-order valence-corrected chi connectivity index (χ2v) is 8.07. The highest BCUT2D eigenvalue weighted by Crippen LogP contribution is 2.09. The van der Waals surface area contributed by atoms with Crippen LogP contribution < -0.4 is 10.6 Å². The van der Waals surface area contributed by atoms with E-state index in [1.54, 1.807) is 0 Å². The molecular formula is C21H33N3O11. The number of hydrogen-bond donors (Lipinski definition) is 8. The van der Waals surface area contributed by atoms with Gasteiger partial charge in [0, 0.05) is 38.1 Å². The zero-order valence-corrected chi connectivity index (χ0v) is 19.1. The zero-order valence-electron chi connectivity index (χ0n) is 19.1. The highest BCUT2D eigenvalue weighted by molar-refractivity contribution is 6.12. The van der Waals surface area contributed by atoms with Crippen molar-refractivity contribution in [3.8, 4) is 0 Å². The summed E-state index contributed by atoms with van der Waals surface area (Å²) in [6, 6.07) is -1.34. The predicted molar refractivity (Wildman–Crippen MR) is 117 cm³/mol. The first-order chi connectivity index (χ1) is 16.5. The Labute approximate surface area is 201 Å². The van der Waals surface area contributed by atoms with Crippen molar-refractivity contribution >= 4 is 29.6 Å². The molecule has 0 aromatic heterocycles. The molecule has 14 nitrogen and oxygen atoms in total. The Balaban J connectivity index is 2.30. The van der Waals surface area contributed by atoms with E-state index in [4.69, 9.17) is 5.11 Å². The molecule has 0 unspecified atom stereocenters. The van der Waals surface area contributed by atoms with E-state index >= 15 is 0 Å². The molecule has 0 radical (unpaired) electrons. The van der Waals surface area contributed by atoms with Gasteiger partial charge in [0.25, 0.3) is 11.8 Å². The van der Waals surface area contributed by atoms with Gasteiger partial charge in [0.2, 0.25) is 11.8 Å². The van der Waals surface area contributed by atoms with Gasteiger partial charge >= 0.3 is 5.97 Å². The van der Waals surface area contributed by atoms with E-state index in [0.717, 1.165) is 4.90 Å².